The molecule has 6 nitrogen and oxygen atoms in total. The van der Waals surface area contributed by atoms with E-state index in [2.05, 4.69) is 37.1 Å². The highest BCUT2D eigenvalue weighted by atomic mass is 32.2. The number of hydrogen-bond donors (Lipinski definition) is 4. The van der Waals surface area contributed by atoms with Crippen LogP contribution in [0.5, 0.6) is 0 Å². The molecule has 0 aliphatic heterocycles. The van der Waals surface area contributed by atoms with E-state index in [1.807, 2.05) is 6.08 Å². The van der Waals surface area contributed by atoms with Gasteiger partial charge in [0.1, 0.15) is 0 Å². The molecule has 0 aromatic rings. The Labute approximate surface area is 188 Å². The Morgan fingerprint density at radius 3 is 1.87 bits per heavy atom. The summed E-state index contributed by atoms with van der Waals surface area (Å²) >= 11 is 2.07. The van der Waals surface area contributed by atoms with E-state index >= 15 is 0 Å². The second kappa shape index (κ2) is 17.6. The van der Waals surface area contributed by atoms with Gasteiger partial charge in [0.15, 0.2) is 0 Å². The largest absolute Gasteiger partial charge is 0.469 e. The summed E-state index contributed by atoms with van der Waals surface area (Å²) in [6.45, 7) is 6.47. The van der Waals surface area contributed by atoms with E-state index in [0.29, 0.717) is 4.75 Å². The third-order valence-corrected chi connectivity index (χ3v) is 6.60. The smallest absolute Gasteiger partial charge is 0.387 e. The van der Waals surface area contributed by atoms with Gasteiger partial charge in [-0.25, -0.2) is 4.57 Å². The van der Waals surface area contributed by atoms with Crippen LogP contribution in [0.2, 0.25) is 0 Å². The second-order valence-electron chi connectivity index (χ2n) is 9.01. The molecule has 180 valence electrons. The standard InChI is InChI=1S/C22H46NO5PS/c1-22(2,3)30-18-16-14-12-10-8-6-4-5-7-9-11-13-15-17-21(24)20(23)19-28-29(25,26)27/h15,17,20-21,24H,4-14,16,18-19,23H2,1-3H3,(H2,25,26,27)/b17-15+/t20-,21+/m0/s1. The molecule has 0 unspecified atom stereocenters. The third-order valence-electron chi connectivity index (χ3n) is 4.76. The molecule has 0 heterocycles. The molecule has 0 radical (unpaired) electrons. The lowest BCUT2D eigenvalue weighted by Crippen LogP contribution is -2.37. The molecule has 0 bridgehead atoms. The van der Waals surface area contributed by atoms with E-state index in [-0.39, 0.29) is 6.61 Å². The van der Waals surface area contributed by atoms with Crippen molar-refractivity contribution < 1.29 is 24.0 Å². The van der Waals surface area contributed by atoms with Crippen LogP contribution in [0.4, 0.5) is 0 Å². The van der Waals surface area contributed by atoms with Gasteiger partial charge in [0.25, 0.3) is 0 Å². The summed E-state index contributed by atoms with van der Waals surface area (Å²) in [6.07, 6.45) is 17.6. The fourth-order valence-electron chi connectivity index (χ4n) is 2.99. The van der Waals surface area contributed by atoms with E-state index in [0.717, 1.165) is 12.8 Å². The Balaban J connectivity index is 3.40. The van der Waals surface area contributed by atoms with Crippen LogP contribution in [0.25, 0.3) is 0 Å². The molecule has 0 fully saturated rings. The molecule has 5 N–H and O–H groups in total. The van der Waals surface area contributed by atoms with Crippen molar-refractivity contribution in [3.63, 3.8) is 0 Å². The predicted octanol–water partition coefficient (Wildman–Crippen LogP) is 5.55. The van der Waals surface area contributed by atoms with Crippen molar-refractivity contribution >= 4 is 19.6 Å². The SMILES string of the molecule is CC(C)(C)SCCCCCCCCCCCCC/C=C/[C@@H](O)[C@@H](N)COP(=O)(O)O. The summed E-state index contributed by atoms with van der Waals surface area (Å²) < 4.78 is 15.3. The molecule has 0 aromatic heterocycles. The van der Waals surface area contributed by atoms with Gasteiger partial charge in [0, 0.05) is 4.75 Å². The first kappa shape index (κ1) is 30.1. The maximum atomic E-state index is 10.6. The van der Waals surface area contributed by atoms with Crippen molar-refractivity contribution in [2.45, 2.75) is 115 Å². The van der Waals surface area contributed by atoms with Gasteiger partial charge in [0.05, 0.1) is 18.8 Å². The summed E-state index contributed by atoms with van der Waals surface area (Å²) in [7, 11) is -4.54. The average Bonchev–Trinajstić information content (AvgIpc) is 2.64. The number of hydrogen-bond acceptors (Lipinski definition) is 5. The summed E-state index contributed by atoms with van der Waals surface area (Å²) in [6, 6.07) is -0.851. The van der Waals surface area contributed by atoms with Crippen LogP contribution < -0.4 is 5.73 Å². The fraction of sp³-hybridized carbons (Fsp3) is 0.909. The Bertz CT molecular complexity index is 479. The minimum atomic E-state index is -4.54. The van der Waals surface area contributed by atoms with Gasteiger partial charge in [0.2, 0.25) is 0 Å². The van der Waals surface area contributed by atoms with Crippen molar-refractivity contribution in [1.82, 2.24) is 0 Å². The van der Waals surface area contributed by atoms with Crippen LogP contribution >= 0.6 is 19.6 Å². The van der Waals surface area contributed by atoms with E-state index in [9.17, 15) is 9.67 Å². The molecule has 0 saturated carbocycles. The molecule has 0 spiro atoms. The second-order valence-corrected chi connectivity index (χ2v) is 12.2. The molecule has 2 atom stereocenters. The lowest BCUT2D eigenvalue weighted by molar-refractivity contribution is 0.129. The van der Waals surface area contributed by atoms with Gasteiger partial charge in [-0.3, -0.25) is 4.52 Å². The minimum absolute atomic E-state index is 0.383. The molecular formula is C22H46NO5PS. The van der Waals surface area contributed by atoms with Crippen LogP contribution in [0.1, 0.15) is 97.8 Å². The molecule has 0 rings (SSSR count). The van der Waals surface area contributed by atoms with Crippen LogP contribution in [0.3, 0.4) is 0 Å². The van der Waals surface area contributed by atoms with Gasteiger partial charge < -0.3 is 20.6 Å². The quantitative estimate of drug-likeness (QED) is 0.112. The van der Waals surface area contributed by atoms with Gasteiger partial charge in [-0.15, -0.1) is 0 Å². The van der Waals surface area contributed by atoms with E-state index in [1.165, 1.54) is 70.0 Å². The molecule has 0 aromatic carbocycles. The van der Waals surface area contributed by atoms with Crippen molar-refractivity contribution in [1.29, 1.82) is 0 Å². The van der Waals surface area contributed by atoms with Gasteiger partial charge in [-0.05, 0) is 25.0 Å². The first-order valence-corrected chi connectivity index (χ1v) is 14.0. The number of aliphatic hydroxyl groups is 1. The molecule has 30 heavy (non-hydrogen) atoms. The van der Waals surface area contributed by atoms with Crippen molar-refractivity contribution in [3.05, 3.63) is 12.2 Å². The molecule has 0 amide bonds. The number of phosphoric ester groups is 1. The minimum Gasteiger partial charge on any atom is -0.387 e. The fourth-order valence-corrected chi connectivity index (χ4v) is 4.32. The lowest BCUT2D eigenvalue weighted by Gasteiger charge is -2.17. The number of nitrogens with two attached hydrogens (primary N) is 1. The van der Waals surface area contributed by atoms with Gasteiger partial charge in [-0.1, -0.05) is 90.7 Å². The zero-order chi connectivity index (χ0) is 22.9. The first-order chi connectivity index (χ1) is 14.0. The van der Waals surface area contributed by atoms with Crippen molar-refractivity contribution in [3.8, 4) is 0 Å². The number of rotatable bonds is 19. The highest BCUT2D eigenvalue weighted by molar-refractivity contribution is 8.00. The zero-order valence-electron chi connectivity index (χ0n) is 19.3. The lowest BCUT2D eigenvalue weighted by atomic mass is 10.0. The number of aliphatic hydroxyl groups excluding tert-OH is 1. The van der Waals surface area contributed by atoms with Crippen LogP contribution in [0.15, 0.2) is 12.2 Å². The average molecular weight is 468 g/mol. The Morgan fingerprint density at radius 2 is 1.40 bits per heavy atom. The number of phosphoric acid groups is 1. The molecule has 0 aliphatic rings. The van der Waals surface area contributed by atoms with Crippen molar-refractivity contribution in [2.75, 3.05) is 12.4 Å². The molecule has 0 aliphatic carbocycles. The summed E-state index contributed by atoms with van der Waals surface area (Å²) in [5.41, 5.74) is 5.63. The van der Waals surface area contributed by atoms with Crippen LogP contribution in [-0.4, -0.2) is 44.1 Å². The highest BCUT2D eigenvalue weighted by Gasteiger charge is 2.19. The van der Waals surface area contributed by atoms with Crippen molar-refractivity contribution in [2.24, 2.45) is 5.73 Å². The number of thioether (sulfide) groups is 1. The first-order valence-electron chi connectivity index (χ1n) is 11.5. The topological polar surface area (TPSA) is 113 Å². The van der Waals surface area contributed by atoms with Crippen LogP contribution in [0, 0.1) is 0 Å². The number of allylic oxidation sites excluding steroid dienone is 1. The van der Waals surface area contributed by atoms with Crippen LogP contribution in [-0.2, 0) is 9.09 Å². The van der Waals surface area contributed by atoms with E-state index < -0.39 is 20.0 Å². The molecule has 0 saturated heterocycles. The monoisotopic (exact) mass is 467 g/mol. The predicted molar refractivity (Wildman–Crippen MR) is 129 cm³/mol. The van der Waals surface area contributed by atoms with E-state index in [1.54, 1.807) is 6.08 Å². The maximum absolute atomic E-state index is 10.6. The molecule has 8 heteroatoms. The summed E-state index contributed by atoms with van der Waals surface area (Å²) in [5, 5.41) is 9.80. The third kappa shape index (κ3) is 22.8. The zero-order valence-corrected chi connectivity index (χ0v) is 21.0. The molecular weight excluding hydrogens is 421 g/mol. The maximum Gasteiger partial charge on any atom is 0.469 e. The van der Waals surface area contributed by atoms with Gasteiger partial charge in [-0.2, -0.15) is 11.8 Å². The number of unbranched alkanes of at least 4 members (excludes halogenated alkanes) is 11. The highest BCUT2D eigenvalue weighted by Crippen LogP contribution is 2.35. The normalized spacial score (nSPS) is 15.0. The Morgan fingerprint density at radius 1 is 0.933 bits per heavy atom. The van der Waals surface area contributed by atoms with E-state index in [4.69, 9.17) is 15.5 Å². The Hall–Kier alpha value is 0.120. The summed E-state index contributed by atoms with van der Waals surface area (Å²) in [4.78, 5) is 17.2. The Kier molecular flexibility index (Phi) is 17.7. The van der Waals surface area contributed by atoms with Gasteiger partial charge >= 0.3 is 7.82 Å². The summed E-state index contributed by atoms with van der Waals surface area (Å²) in [5.74, 6) is 1.29.